The number of terminal acetylenes is 1. The van der Waals surface area contributed by atoms with E-state index < -0.39 is 0 Å². The fraction of sp³-hybridized carbons (Fsp3) is 0.417. The van der Waals surface area contributed by atoms with E-state index in [0.717, 1.165) is 28.7 Å². The Hall–Kier alpha value is -1.01. The lowest BCUT2D eigenvalue weighted by Gasteiger charge is -2.13. The highest BCUT2D eigenvalue weighted by atomic mass is 79.9. The Morgan fingerprint density at radius 3 is 2.93 bits per heavy atom. The molecule has 1 rings (SSSR count). The van der Waals surface area contributed by atoms with Gasteiger partial charge in [0, 0.05) is 6.20 Å². The number of nitrogens with zero attached hydrogens (tertiary/aromatic N) is 1. The van der Waals surface area contributed by atoms with E-state index in [4.69, 9.17) is 6.42 Å². The van der Waals surface area contributed by atoms with Gasteiger partial charge in [-0.3, -0.25) is 0 Å². The number of nitrogens with one attached hydrogen (secondary N) is 1. The Kier molecular flexibility index (Phi) is 4.64. The molecule has 0 aliphatic rings. The maximum Gasteiger partial charge on any atom is 0.141 e. The molecule has 1 N–H and O–H groups in total. The molecular formula is C12H15BrN2. The molecule has 1 unspecified atom stereocenters. The smallest absolute Gasteiger partial charge is 0.141 e. The molecule has 0 saturated carbocycles. The Bertz CT molecular complexity index is 368. The van der Waals surface area contributed by atoms with Crippen LogP contribution in [0.15, 0.2) is 16.7 Å². The second kappa shape index (κ2) is 5.77. The minimum Gasteiger partial charge on any atom is -0.356 e. The molecule has 0 aliphatic heterocycles. The minimum atomic E-state index is 0.0570. The lowest BCUT2D eigenvalue weighted by molar-refractivity contribution is 0.752. The summed E-state index contributed by atoms with van der Waals surface area (Å²) in [5, 5.41) is 3.23. The van der Waals surface area contributed by atoms with E-state index in [0.29, 0.717) is 0 Å². The van der Waals surface area contributed by atoms with Crippen molar-refractivity contribution < 1.29 is 0 Å². The summed E-state index contributed by atoms with van der Waals surface area (Å²) >= 11 is 3.46. The number of halogens is 1. The maximum absolute atomic E-state index is 5.43. The fourth-order valence-corrected chi connectivity index (χ4v) is 1.87. The molecule has 0 spiro atoms. The third kappa shape index (κ3) is 3.56. The molecule has 0 bridgehead atoms. The van der Waals surface area contributed by atoms with Crippen LogP contribution in [-0.4, -0.2) is 11.0 Å². The van der Waals surface area contributed by atoms with Crippen molar-refractivity contribution in [2.45, 2.75) is 32.7 Å². The van der Waals surface area contributed by atoms with Crippen molar-refractivity contribution in [3.63, 3.8) is 0 Å². The molecule has 0 fully saturated rings. The van der Waals surface area contributed by atoms with Crippen LogP contribution in [0.4, 0.5) is 5.82 Å². The molecule has 2 nitrogen and oxygen atoms in total. The van der Waals surface area contributed by atoms with Gasteiger partial charge in [-0.25, -0.2) is 4.98 Å². The number of anilines is 1. The zero-order valence-corrected chi connectivity index (χ0v) is 10.6. The van der Waals surface area contributed by atoms with Gasteiger partial charge in [0.25, 0.3) is 0 Å². The van der Waals surface area contributed by atoms with E-state index in [1.165, 1.54) is 0 Å². The second-order valence-electron chi connectivity index (χ2n) is 3.50. The molecule has 15 heavy (non-hydrogen) atoms. The fourth-order valence-electron chi connectivity index (χ4n) is 1.29. The number of aromatic nitrogens is 1. The first-order chi connectivity index (χ1) is 7.17. The summed E-state index contributed by atoms with van der Waals surface area (Å²) in [7, 11) is 0. The van der Waals surface area contributed by atoms with Gasteiger partial charge in [0.15, 0.2) is 0 Å². The number of pyridine rings is 1. The van der Waals surface area contributed by atoms with Crippen molar-refractivity contribution in [2.24, 2.45) is 0 Å². The molecule has 80 valence electrons. The van der Waals surface area contributed by atoms with Crippen molar-refractivity contribution >= 4 is 21.7 Å². The van der Waals surface area contributed by atoms with Crippen molar-refractivity contribution in [3.8, 4) is 12.3 Å². The highest BCUT2D eigenvalue weighted by Crippen LogP contribution is 2.21. The summed E-state index contributed by atoms with van der Waals surface area (Å²) in [4.78, 5) is 4.29. The van der Waals surface area contributed by atoms with Crippen LogP contribution in [0, 0.1) is 19.3 Å². The average molecular weight is 267 g/mol. The van der Waals surface area contributed by atoms with E-state index in [-0.39, 0.29) is 6.04 Å². The molecule has 1 aromatic rings. The zero-order chi connectivity index (χ0) is 11.3. The Morgan fingerprint density at radius 1 is 1.67 bits per heavy atom. The third-order valence-electron chi connectivity index (χ3n) is 2.07. The normalized spacial score (nSPS) is 11.9. The highest BCUT2D eigenvalue weighted by molar-refractivity contribution is 9.10. The van der Waals surface area contributed by atoms with E-state index in [9.17, 15) is 0 Å². The number of rotatable bonds is 4. The summed E-state index contributed by atoms with van der Waals surface area (Å²) in [5.74, 6) is 3.54. The molecule has 1 atom stereocenters. The lowest BCUT2D eigenvalue weighted by Crippen LogP contribution is -2.17. The van der Waals surface area contributed by atoms with Crippen molar-refractivity contribution in [2.75, 3.05) is 5.32 Å². The standard InChI is InChI=1S/C12H15BrN2/c1-4-6-10(5-2)15-12-11(13)7-9(3)8-14-12/h2,7-8,10H,4,6H2,1,3H3,(H,14,15). The summed E-state index contributed by atoms with van der Waals surface area (Å²) in [5.41, 5.74) is 1.13. The lowest BCUT2D eigenvalue weighted by atomic mass is 10.2. The zero-order valence-electron chi connectivity index (χ0n) is 9.05. The SMILES string of the molecule is C#CC(CCC)Nc1ncc(C)cc1Br. The monoisotopic (exact) mass is 266 g/mol. The van der Waals surface area contributed by atoms with E-state index in [1.807, 2.05) is 19.2 Å². The molecule has 0 amide bonds. The average Bonchev–Trinajstić information content (AvgIpc) is 2.21. The first-order valence-electron chi connectivity index (χ1n) is 5.02. The van der Waals surface area contributed by atoms with Crippen LogP contribution in [0.5, 0.6) is 0 Å². The van der Waals surface area contributed by atoms with Gasteiger partial charge in [-0.05, 0) is 40.9 Å². The predicted octanol–water partition coefficient (Wildman–Crippen LogP) is 3.37. The molecule has 0 radical (unpaired) electrons. The molecule has 0 aliphatic carbocycles. The maximum atomic E-state index is 5.43. The third-order valence-corrected chi connectivity index (χ3v) is 2.67. The van der Waals surface area contributed by atoms with Crippen molar-refractivity contribution in [1.29, 1.82) is 0 Å². The van der Waals surface area contributed by atoms with Gasteiger partial charge in [0.1, 0.15) is 5.82 Å². The highest BCUT2D eigenvalue weighted by Gasteiger charge is 2.07. The molecule has 1 heterocycles. The van der Waals surface area contributed by atoms with Crippen LogP contribution >= 0.6 is 15.9 Å². The number of hydrogen-bond donors (Lipinski definition) is 1. The second-order valence-corrected chi connectivity index (χ2v) is 4.35. The van der Waals surface area contributed by atoms with Gasteiger partial charge in [0.05, 0.1) is 10.5 Å². The molecule has 3 heteroatoms. The largest absolute Gasteiger partial charge is 0.356 e. The van der Waals surface area contributed by atoms with Gasteiger partial charge in [-0.15, -0.1) is 6.42 Å². The van der Waals surface area contributed by atoms with E-state index in [1.54, 1.807) is 0 Å². The topological polar surface area (TPSA) is 24.9 Å². The predicted molar refractivity (Wildman–Crippen MR) is 67.8 cm³/mol. The minimum absolute atomic E-state index is 0.0570. The van der Waals surface area contributed by atoms with Crippen LogP contribution < -0.4 is 5.32 Å². The molecular weight excluding hydrogens is 252 g/mol. The Morgan fingerprint density at radius 2 is 2.40 bits per heavy atom. The van der Waals surface area contributed by atoms with Crippen LogP contribution in [0.25, 0.3) is 0 Å². The first kappa shape index (κ1) is 12.1. The molecule has 0 saturated heterocycles. The number of hydrogen-bond acceptors (Lipinski definition) is 2. The van der Waals surface area contributed by atoms with Gasteiger partial charge in [-0.1, -0.05) is 19.3 Å². The summed E-state index contributed by atoms with van der Waals surface area (Å²) in [6, 6.07) is 2.08. The van der Waals surface area contributed by atoms with Crippen molar-refractivity contribution in [1.82, 2.24) is 4.98 Å². The van der Waals surface area contributed by atoms with Crippen molar-refractivity contribution in [3.05, 3.63) is 22.3 Å². The summed E-state index contributed by atoms with van der Waals surface area (Å²) in [6.07, 6.45) is 9.27. The van der Waals surface area contributed by atoms with E-state index in [2.05, 4.69) is 39.1 Å². The Labute approximate surface area is 99.6 Å². The molecule has 1 aromatic heterocycles. The first-order valence-corrected chi connectivity index (χ1v) is 5.81. The quantitative estimate of drug-likeness (QED) is 0.846. The van der Waals surface area contributed by atoms with Crippen LogP contribution in [0.3, 0.4) is 0 Å². The summed E-state index contributed by atoms with van der Waals surface area (Å²) < 4.78 is 0.957. The Balaban J connectivity index is 2.76. The van der Waals surface area contributed by atoms with Gasteiger partial charge >= 0.3 is 0 Å². The van der Waals surface area contributed by atoms with E-state index >= 15 is 0 Å². The van der Waals surface area contributed by atoms with Crippen LogP contribution in [-0.2, 0) is 0 Å². The van der Waals surface area contributed by atoms with Gasteiger partial charge in [0.2, 0.25) is 0 Å². The van der Waals surface area contributed by atoms with Gasteiger partial charge in [-0.2, -0.15) is 0 Å². The van der Waals surface area contributed by atoms with Gasteiger partial charge < -0.3 is 5.32 Å². The van der Waals surface area contributed by atoms with Crippen LogP contribution in [0.2, 0.25) is 0 Å². The molecule has 0 aromatic carbocycles. The van der Waals surface area contributed by atoms with Crippen LogP contribution in [0.1, 0.15) is 25.3 Å². The summed E-state index contributed by atoms with van der Waals surface area (Å²) in [6.45, 7) is 4.12. The number of aryl methyl sites for hydroxylation is 1.